The lowest BCUT2D eigenvalue weighted by atomic mass is 10.1. The van der Waals surface area contributed by atoms with Crippen LogP contribution in [0.4, 0.5) is 5.13 Å². The van der Waals surface area contributed by atoms with E-state index in [1.807, 2.05) is 6.07 Å². The zero-order valence-corrected chi connectivity index (χ0v) is 16.6. The molecular weight excluding hydrogens is 388 g/mol. The van der Waals surface area contributed by atoms with E-state index in [0.717, 1.165) is 11.3 Å². The van der Waals surface area contributed by atoms with Crippen molar-refractivity contribution in [3.63, 3.8) is 0 Å². The van der Waals surface area contributed by atoms with Crippen LogP contribution in [0.1, 0.15) is 19.4 Å². The maximum atomic E-state index is 12.3. The molecule has 1 aromatic carbocycles. The first-order valence-electron chi connectivity index (χ1n) is 7.88. The molecule has 0 spiro atoms. The summed E-state index contributed by atoms with van der Waals surface area (Å²) in [6.45, 7) is 3.56. The van der Waals surface area contributed by atoms with Crippen molar-refractivity contribution in [1.29, 1.82) is 5.26 Å². The van der Waals surface area contributed by atoms with Gasteiger partial charge in [-0.3, -0.25) is 10.1 Å². The molecule has 1 N–H and O–H groups in total. The molecule has 0 atom stereocenters. The van der Waals surface area contributed by atoms with Crippen LogP contribution in [0.25, 0.3) is 6.08 Å². The van der Waals surface area contributed by atoms with Crippen molar-refractivity contribution in [2.75, 3.05) is 18.2 Å². The normalized spacial score (nSPS) is 11.9. The molecule has 2 aromatic rings. The van der Waals surface area contributed by atoms with Crippen LogP contribution in [-0.2, 0) is 14.6 Å². The van der Waals surface area contributed by atoms with E-state index in [-0.39, 0.29) is 26.7 Å². The molecule has 142 valence electrons. The Hall–Kier alpha value is -2.77. The van der Waals surface area contributed by atoms with E-state index in [2.05, 4.69) is 15.5 Å². The van der Waals surface area contributed by atoms with Crippen LogP contribution in [-0.4, -0.2) is 37.4 Å². The van der Waals surface area contributed by atoms with E-state index >= 15 is 0 Å². The van der Waals surface area contributed by atoms with Crippen molar-refractivity contribution >= 4 is 38.3 Å². The fourth-order valence-electron chi connectivity index (χ4n) is 2.08. The number of sulfone groups is 1. The van der Waals surface area contributed by atoms with Gasteiger partial charge in [0.1, 0.15) is 17.4 Å². The van der Waals surface area contributed by atoms with Gasteiger partial charge in [0.05, 0.1) is 12.9 Å². The third kappa shape index (κ3) is 5.60. The quantitative estimate of drug-likeness (QED) is 0.426. The van der Waals surface area contributed by atoms with Crippen molar-refractivity contribution in [2.45, 2.75) is 18.2 Å². The topological polar surface area (TPSA) is 122 Å². The number of benzene rings is 1. The zero-order chi connectivity index (χ0) is 20.0. The Labute approximate surface area is 161 Å². The van der Waals surface area contributed by atoms with Gasteiger partial charge in [-0.1, -0.05) is 37.3 Å². The summed E-state index contributed by atoms with van der Waals surface area (Å²) in [5.74, 6) is -0.165. The number of methoxy groups -OCH3 is 1. The molecule has 0 saturated heterocycles. The Morgan fingerprint density at radius 1 is 1.33 bits per heavy atom. The lowest BCUT2D eigenvalue weighted by molar-refractivity contribution is -0.112. The maximum absolute atomic E-state index is 12.3. The van der Waals surface area contributed by atoms with Gasteiger partial charge >= 0.3 is 0 Å². The number of rotatable bonds is 7. The number of amides is 1. The van der Waals surface area contributed by atoms with Gasteiger partial charge in [0, 0.05) is 0 Å². The van der Waals surface area contributed by atoms with Crippen LogP contribution in [0.15, 0.2) is 34.2 Å². The molecule has 0 aliphatic rings. The minimum atomic E-state index is -3.55. The number of nitrogens with one attached hydrogen (secondary N) is 1. The van der Waals surface area contributed by atoms with E-state index in [4.69, 9.17) is 4.74 Å². The first-order chi connectivity index (χ1) is 12.7. The largest absolute Gasteiger partial charge is 0.497 e. The molecule has 10 heteroatoms. The van der Waals surface area contributed by atoms with Crippen LogP contribution < -0.4 is 10.1 Å². The summed E-state index contributed by atoms with van der Waals surface area (Å²) in [5.41, 5.74) is 0.488. The predicted molar refractivity (Wildman–Crippen MR) is 102 cm³/mol. The van der Waals surface area contributed by atoms with E-state index < -0.39 is 15.7 Å². The Bertz CT molecular complexity index is 987. The molecule has 0 radical (unpaired) electrons. The summed E-state index contributed by atoms with van der Waals surface area (Å²) in [4.78, 5) is 12.3. The van der Waals surface area contributed by atoms with Crippen molar-refractivity contribution in [2.24, 2.45) is 5.92 Å². The fraction of sp³-hybridized carbons (Fsp3) is 0.294. The first-order valence-corrected chi connectivity index (χ1v) is 10.4. The number of nitrogens with zero attached hydrogens (tertiary/aromatic N) is 3. The monoisotopic (exact) mass is 406 g/mol. The Morgan fingerprint density at radius 2 is 2.00 bits per heavy atom. The van der Waals surface area contributed by atoms with E-state index in [9.17, 15) is 18.5 Å². The lowest BCUT2D eigenvalue weighted by Crippen LogP contribution is -2.13. The highest BCUT2D eigenvalue weighted by molar-refractivity contribution is 7.93. The Balaban J connectivity index is 2.15. The van der Waals surface area contributed by atoms with Crippen molar-refractivity contribution in [3.8, 4) is 11.8 Å². The van der Waals surface area contributed by atoms with Crippen molar-refractivity contribution in [3.05, 3.63) is 35.4 Å². The van der Waals surface area contributed by atoms with Gasteiger partial charge in [-0.15, -0.1) is 10.2 Å². The summed E-state index contributed by atoms with van der Waals surface area (Å²) in [6, 6.07) is 8.62. The SMILES string of the molecule is COc1ccc(/C=C(/C#N)C(=O)Nc2nnc(S(=O)(=O)CC(C)C)s2)cc1. The zero-order valence-electron chi connectivity index (χ0n) is 15.0. The lowest BCUT2D eigenvalue weighted by Gasteiger charge is -2.02. The number of aromatic nitrogens is 2. The Kier molecular flexibility index (Phi) is 6.65. The summed E-state index contributed by atoms with van der Waals surface area (Å²) in [7, 11) is -2.01. The highest BCUT2D eigenvalue weighted by Gasteiger charge is 2.22. The van der Waals surface area contributed by atoms with Gasteiger partial charge in [-0.2, -0.15) is 5.26 Å². The first kappa shape index (κ1) is 20.5. The summed E-state index contributed by atoms with van der Waals surface area (Å²) >= 11 is 0.754. The van der Waals surface area contributed by atoms with E-state index in [0.29, 0.717) is 11.3 Å². The van der Waals surface area contributed by atoms with Crippen LogP contribution in [0.2, 0.25) is 0 Å². The van der Waals surface area contributed by atoms with Crippen LogP contribution in [0.3, 0.4) is 0 Å². The number of carbonyl (C=O) groups is 1. The van der Waals surface area contributed by atoms with Gasteiger partial charge in [-0.25, -0.2) is 8.42 Å². The van der Waals surface area contributed by atoms with Gasteiger partial charge < -0.3 is 4.74 Å². The molecule has 1 aromatic heterocycles. The third-order valence-electron chi connectivity index (χ3n) is 3.24. The molecule has 0 aliphatic carbocycles. The maximum Gasteiger partial charge on any atom is 0.268 e. The average Bonchev–Trinajstić information content (AvgIpc) is 3.08. The second-order valence-electron chi connectivity index (χ2n) is 5.95. The van der Waals surface area contributed by atoms with E-state index in [1.54, 1.807) is 38.1 Å². The second-order valence-corrected chi connectivity index (χ2v) is 9.13. The molecule has 0 aliphatic heterocycles. The number of hydrogen-bond donors (Lipinski definition) is 1. The minimum absolute atomic E-state index is 0.0122. The summed E-state index contributed by atoms with van der Waals surface area (Å²) < 4.78 is 29.2. The number of hydrogen-bond acceptors (Lipinski definition) is 8. The fourth-order valence-corrected chi connectivity index (χ4v) is 4.68. The molecular formula is C17H18N4O4S2. The van der Waals surface area contributed by atoms with Crippen LogP contribution in [0.5, 0.6) is 5.75 Å². The molecule has 2 rings (SSSR count). The smallest absolute Gasteiger partial charge is 0.268 e. The molecule has 0 unspecified atom stereocenters. The number of anilines is 1. The minimum Gasteiger partial charge on any atom is -0.497 e. The molecule has 1 amide bonds. The predicted octanol–water partition coefficient (Wildman–Crippen LogP) is 2.52. The second kappa shape index (κ2) is 8.75. The third-order valence-corrected chi connectivity index (χ3v) is 6.60. The van der Waals surface area contributed by atoms with Gasteiger partial charge in [0.15, 0.2) is 0 Å². The van der Waals surface area contributed by atoms with Crippen LogP contribution >= 0.6 is 11.3 Å². The molecule has 8 nitrogen and oxygen atoms in total. The summed E-state index contributed by atoms with van der Waals surface area (Å²) in [5, 5.41) is 19.0. The molecule has 0 saturated carbocycles. The van der Waals surface area contributed by atoms with Crippen molar-refractivity contribution in [1.82, 2.24) is 10.2 Å². The average molecular weight is 406 g/mol. The van der Waals surface area contributed by atoms with Gasteiger partial charge in [-0.05, 0) is 29.7 Å². The highest BCUT2D eigenvalue weighted by Crippen LogP contribution is 2.23. The van der Waals surface area contributed by atoms with Gasteiger partial charge in [0.25, 0.3) is 5.91 Å². The summed E-state index contributed by atoms with van der Waals surface area (Å²) in [6.07, 6.45) is 1.41. The number of nitriles is 1. The molecule has 27 heavy (non-hydrogen) atoms. The van der Waals surface area contributed by atoms with Crippen molar-refractivity contribution < 1.29 is 17.9 Å². The highest BCUT2D eigenvalue weighted by atomic mass is 32.2. The standard InChI is InChI=1S/C17H18N4O4S2/c1-11(2)10-27(23,24)17-21-20-16(26-17)19-15(22)13(9-18)8-12-4-6-14(25-3)7-5-12/h4-8,11H,10H2,1-3H3,(H,19,20,22)/b13-8-. The Morgan fingerprint density at radius 3 is 2.56 bits per heavy atom. The number of ether oxygens (including phenoxy) is 1. The molecule has 0 bridgehead atoms. The van der Waals surface area contributed by atoms with Gasteiger partial charge in [0.2, 0.25) is 19.3 Å². The molecule has 1 heterocycles. The molecule has 0 fully saturated rings. The van der Waals surface area contributed by atoms with E-state index in [1.165, 1.54) is 13.2 Å². The number of carbonyl (C=O) groups excluding carboxylic acids is 1. The van der Waals surface area contributed by atoms with Crippen LogP contribution in [0, 0.1) is 17.2 Å².